The average molecular weight is 367 g/mol. The van der Waals surface area contributed by atoms with E-state index in [0.717, 1.165) is 31.2 Å². The molecule has 140 valence electrons. The summed E-state index contributed by atoms with van der Waals surface area (Å²) in [6, 6.07) is 7.16. The molecule has 0 fully saturated rings. The quantitative estimate of drug-likeness (QED) is 0.745. The number of carbonyl (C=O) groups excluding carboxylic acids is 1. The second-order valence-electron chi connectivity index (χ2n) is 6.61. The molecule has 3 aromatic rings. The maximum absolute atomic E-state index is 12.7. The number of hydrogen-bond donors (Lipinski definition) is 1. The van der Waals surface area contributed by atoms with Crippen LogP contribution in [0.5, 0.6) is 5.75 Å². The lowest BCUT2D eigenvalue weighted by atomic mass is 9.95. The van der Waals surface area contributed by atoms with E-state index in [9.17, 15) is 4.79 Å². The minimum Gasteiger partial charge on any atom is -0.484 e. The molecule has 0 aliphatic heterocycles. The van der Waals surface area contributed by atoms with Crippen LogP contribution in [0.25, 0.3) is 0 Å². The minimum absolute atomic E-state index is 0.177. The Kier molecular flexibility index (Phi) is 4.62. The maximum atomic E-state index is 12.7. The van der Waals surface area contributed by atoms with Crippen molar-refractivity contribution in [2.24, 2.45) is 7.05 Å². The number of nitrogens with one attached hydrogen (secondary N) is 1. The van der Waals surface area contributed by atoms with Crippen molar-refractivity contribution < 1.29 is 14.1 Å². The van der Waals surface area contributed by atoms with E-state index < -0.39 is 0 Å². The molecule has 1 amide bonds. The Morgan fingerprint density at radius 3 is 2.78 bits per heavy atom. The number of nitrogens with zero attached hydrogens (tertiary/aromatic N) is 4. The van der Waals surface area contributed by atoms with Crippen molar-refractivity contribution in [2.75, 3.05) is 5.32 Å². The van der Waals surface area contributed by atoms with Gasteiger partial charge in [-0.1, -0.05) is 5.16 Å². The van der Waals surface area contributed by atoms with Crippen LogP contribution >= 0.6 is 0 Å². The molecule has 0 saturated heterocycles. The highest BCUT2D eigenvalue weighted by atomic mass is 16.5. The molecule has 0 saturated carbocycles. The Bertz CT molecular complexity index is 958. The van der Waals surface area contributed by atoms with Gasteiger partial charge in [0.1, 0.15) is 5.75 Å². The Morgan fingerprint density at radius 2 is 2.04 bits per heavy atom. The fourth-order valence-electron chi connectivity index (χ4n) is 3.32. The Labute approximate surface area is 156 Å². The van der Waals surface area contributed by atoms with Gasteiger partial charge in [-0.2, -0.15) is 10.1 Å². The van der Waals surface area contributed by atoms with Gasteiger partial charge in [0.25, 0.3) is 11.8 Å². The van der Waals surface area contributed by atoms with Crippen LogP contribution < -0.4 is 10.1 Å². The second-order valence-corrected chi connectivity index (χ2v) is 6.61. The van der Waals surface area contributed by atoms with E-state index in [1.807, 2.05) is 11.7 Å². The summed E-state index contributed by atoms with van der Waals surface area (Å²) >= 11 is 0. The van der Waals surface area contributed by atoms with Crippen molar-refractivity contribution in [1.82, 2.24) is 19.9 Å². The normalized spacial score (nSPS) is 13.3. The van der Waals surface area contributed by atoms with Crippen LogP contribution in [0.3, 0.4) is 0 Å². The summed E-state index contributed by atoms with van der Waals surface area (Å²) in [5, 5.41) is 11.1. The van der Waals surface area contributed by atoms with Crippen molar-refractivity contribution in [3.63, 3.8) is 0 Å². The summed E-state index contributed by atoms with van der Waals surface area (Å²) < 4.78 is 12.4. The molecule has 0 spiro atoms. The van der Waals surface area contributed by atoms with Crippen LogP contribution in [0, 0.1) is 6.92 Å². The Balaban J connectivity index is 1.40. The van der Waals surface area contributed by atoms with Gasteiger partial charge >= 0.3 is 0 Å². The van der Waals surface area contributed by atoms with E-state index >= 15 is 0 Å². The fraction of sp³-hybridized carbons (Fsp3) is 0.368. The summed E-state index contributed by atoms with van der Waals surface area (Å²) in [6.45, 7) is 1.95. The summed E-state index contributed by atoms with van der Waals surface area (Å²) in [5.74, 6) is 1.47. The standard InChI is InChI=1S/C19H21N5O3/c1-12-20-17(27-23-12)11-26-14-9-7-13(8-10-14)21-19(25)18-15-5-3-4-6-16(15)24(2)22-18/h7-10H,3-6,11H2,1-2H3,(H,21,25). The van der Waals surface area contributed by atoms with Crippen molar-refractivity contribution in [2.45, 2.75) is 39.2 Å². The topological polar surface area (TPSA) is 95.1 Å². The molecule has 27 heavy (non-hydrogen) atoms. The van der Waals surface area contributed by atoms with Gasteiger partial charge in [0.2, 0.25) is 0 Å². The van der Waals surface area contributed by atoms with Crippen molar-refractivity contribution in [1.29, 1.82) is 0 Å². The van der Waals surface area contributed by atoms with E-state index in [4.69, 9.17) is 9.26 Å². The number of hydrogen-bond acceptors (Lipinski definition) is 6. The monoisotopic (exact) mass is 367 g/mol. The molecule has 0 radical (unpaired) electrons. The molecule has 0 bridgehead atoms. The SMILES string of the molecule is Cc1noc(COc2ccc(NC(=O)c3nn(C)c4c3CCCC4)cc2)n1. The van der Waals surface area contributed by atoms with Gasteiger partial charge in [0.05, 0.1) is 0 Å². The molecule has 1 aliphatic rings. The van der Waals surface area contributed by atoms with E-state index in [1.54, 1.807) is 31.2 Å². The molecular weight excluding hydrogens is 346 g/mol. The highest BCUT2D eigenvalue weighted by Gasteiger charge is 2.23. The van der Waals surface area contributed by atoms with E-state index in [-0.39, 0.29) is 12.5 Å². The fourth-order valence-corrected chi connectivity index (χ4v) is 3.32. The number of ether oxygens (including phenoxy) is 1. The number of fused-ring (bicyclic) bond motifs is 1. The first kappa shape index (κ1) is 17.3. The first-order chi connectivity index (χ1) is 13.1. The number of amides is 1. The molecular formula is C19H21N5O3. The predicted molar refractivity (Wildman–Crippen MR) is 97.6 cm³/mol. The molecule has 1 aromatic carbocycles. The lowest BCUT2D eigenvalue weighted by Crippen LogP contribution is -2.15. The van der Waals surface area contributed by atoms with Gasteiger partial charge in [0.15, 0.2) is 18.1 Å². The van der Waals surface area contributed by atoms with Crippen molar-refractivity contribution in [3.8, 4) is 5.75 Å². The highest BCUT2D eigenvalue weighted by Crippen LogP contribution is 2.25. The summed E-state index contributed by atoms with van der Waals surface area (Å²) in [6.07, 6.45) is 4.15. The van der Waals surface area contributed by atoms with E-state index in [1.165, 1.54) is 5.69 Å². The molecule has 1 aliphatic carbocycles. The minimum atomic E-state index is -0.177. The molecule has 2 aromatic heterocycles. The third-order valence-corrected chi connectivity index (χ3v) is 4.62. The van der Waals surface area contributed by atoms with Gasteiger partial charge in [-0.15, -0.1) is 0 Å². The highest BCUT2D eigenvalue weighted by molar-refractivity contribution is 6.04. The van der Waals surface area contributed by atoms with Crippen LogP contribution in [0.1, 0.15) is 46.3 Å². The van der Waals surface area contributed by atoms with Gasteiger partial charge in [-0.3, -0.25) is 9.48 Å². The summed E-state index contributed by atoms with van der Waals surface area (Å²) in [4.78, 5) is 16.7. The second kappa shape index (κ2) is 7.22. The number of anilines is 1. The van der Waals surface area contributed by atoms with Crippen LogP contribution in [0.2, 0.25) is 0 Å². The molecule has 8 heteroatoms. The number of rotatable bonds is 5. The zero-order valence-electron chi connectivity index (χ0n) is 15.4. The molecule has 4 rings (SSSR count). The largest absolute Gasteiger partial charge is 0.484 e. The van der Waals surface area contributed by atoms with Gasteiger partial charge in [0, 0.05) is 24.0 Å². The third-order valence-electron chi connectivity index (χ3n) is 4.62. The van der Waals surface area contributed by atoms with Crippen LogP contribution in [-0.4, -0.2) is 25.8 Å². The molecule has 8 nitrogen and oxygen atoms in total. The van der Waals surface area contributed by atoms with Gasteiger partial charge in [-0.05, 0) is 56.9 Å². The van der Waals surface area contributed by atoms with Gasteiger partial charge in [-0.25, -0.2) is 0 Å². The predicted octanol–water partition coefficient (Wildman–Crippen LogP) is 2.82. The number of aryl methyl sites for hydroxylation is 2. The van der Waals surface area contributed by atoms with Crippen molar-refractivity contribution in [3.05, 3.63) is 52.9 Å². The number of benzene rings is 1. The Morgan fingerprint density at radius 1 is 1.26 bits per heavy atom. The lowest BCUT2D eigenvalue weighted by Gasteiger charge is -2.12. The van der Waals surface area contributed by atoms with E-state index in [2.05, 4.69) is 20.6 Å². The van der Waals surface area contributed by atoms with Gasteiger partial charge < -0.3 is 14.6 Å². The molecule has 2 heterocycles. The lowest BCUT2D eigenvalue weighted by molar-refractivity contribution is 0.102. The third kappa shape index (κ3) is 3.69. The zero-order chi connectivity index (χ0) is 18.8. The average Bonchev–Trinajstić information content (AvgIpc) is 3.25. The summed E-state index contributed by atoms with van der Waals surface area (Å²) in [5.41, 5.74) is 3.47. The van der Waals surface area contributed by atoms with Crippen LogP contribution in [-0.2, 0) is 26.5 Å². The first-order valence-electron chi connectivity index (χ1n) is 8.98. The van der Waals surface area contributed by atoms with Crippen molar-refractivity contribution >= 4 is 11.6 Å². The summed E-state index contributed by atoms with van der Waals surface area (Å²) in [7, 11) is 1.90. The molecule has 0 unspecified atom stereocenters. The number of aromatic nitrogens is 4. The maximum Gasteiger partial charge on any atom is 0.276 e. The zero-order valence-corrected chi connectivity index (χ0v) is 15.4. The first-order valence-corrected chi connectivity index (χ1v) is 8.98. The van der Waals surface area contributed by atoms with Crippen LogP contribution in [0.4, 0.5) is 5.69 Å². The Hall–Kier alpha value is -3.16. The smallest absolute Gasteiger partial charge is 0.276 e. The van der Waals surface area contributed by atoms with E-state index in [0.29, 0.717) is 28.8 Å². The molecule has 1 N–H and O–H groups in total. The molecule has 0 atom stereocenters. The number of carbonyl (C=O) groups is 1. The van der Waals surface area contributed by atoms with Crippen LogP contribution in [0.15, 0.2) is 28.8 Å².